The van der Waals surface area contributed by atoms with E-state index in [0.29, 0.717) is 36.9 Å². The van der Waals surface area contributed by atoms with Crippen LogP contribution >= 0.6 is 11.6 Å². The Kier molecular flexibility index (Phi) is 9.73. The first kappa shape index (κ1) is 26.0. The SMILES string of the molecule is N#C[C@H](C[C@@]1(C=O)CCNC1)NC(=O)[C@H](CC1CCCCC1)NC(=O)OCc1cccc(Cl)c1. The van der Waals surface area contributed by atoms with Crippen LogP contribution in [0.2, 0.25) is 5.02 Å². The average molecular weight is 489 g/mol. The van der Waals surface area contributed by atoms with Gasteiger partial charge < -0.3 is 25.5 Å². The molecule has 184 valence electrons. The number of carbonyl (C=O) groups is 3. The topological polar surface area (TPSA) is 120 Å². The van der Waals surface area contributed by atoms with Crippen molar-refractivity contribution in [3.63, 3.8) is 0 Å². The van der Waals surface area contributed by atoms with Crippen LogP contribution in [0.15, 0.2) is 24.3 Å². The van der Waals surface area contributed by atoms with Crippen molar-refractivity contribution in [1.29, 1.82) is 5.26 Å². The van der Waals surface area contributed by atoms with Crippen LogP contribution in [-0.2, 0) is 20.9 Å². The molecule has 3 atom stereocenters. The molecular formula is C25H33ClN4O4. The maximum atomic E-state index is 13.2. The molecule has 1 aromatic carbocycles. The third-order valence-electron chi connectivity index (χ3n) is 6.77. The number of alkyl carbamates (subject to hydrolysis) is 1. The van der Waals surface area contributed by atoms with Gasteiger partial charge in [0, 0.05) is 17.0 Å². The first-order chi connectivity index (χ1) is 16.4. The molecule has 3 N–H and O–H groups in total. The largest absolute Gasteiger partial charge is 0.445 e. The number of ether oxygens (including phenoxy) is 1. The van der Waals surface area contributed by atoms with Crippen LogP contribution in [0.3, 0.4) is 0 Å². The van der Waals surface area contributed by atoms with Crippen molar-refractivity contribution < 1.29 is 19.1 Å². The standard InChI is InChI=1S/C25H33ClN4O4/c26-20-8-4-7-19(11-20)15-34-24(33)30-22(12-18-5-2-1-3-6-18)23(32)29-21(14-27)13-25(17-31)9-10-28-16-25/h4,7-8,11,17-18,21-22,28H,1-3,5-6,9-10,12-13,15-16H2,(H,29,32)(H,30,33)/t21-,22-,25-/m0/s1. The van der Waals surface area contributed by atoms with Gasteiger partial charge in [0.05, 0.1) is 6.07 Å². The van der Waals surface area contributed by atoms with E-state index in [9.17, 15) is 19.6 Å². The number of hydrogen-bond acceptors (Lipinski definition) is 6. The van der Waals surface area contributed by atoms with Gasteiger partial charge in [-0.2, -0.15) is 5.26 Å². The van der Waals surface area contributed by atoms with Crippen LogP contribution in [0.1, 0.15) is 56.9 Å². The Labute approximate surface area is 205 Å². The van der Waals surface area contributed by atoms with Crippen LogP contribution in [0.4, 0.5) is 4.79 Å². The van der Waals surface area contributed by atoms with Crippen molar-refractivity contribution in [2.75, 3.05) is 13.1 Å². The normalized spacial score (nSPS) is 22.2. The van der Waals surface area contributed by atoms with Gasteiger partial charge in [-0.15, -0.1) is 0 Å². The molecule has 0 unspecified atom stereocenters. The molecule has 1 saturated carbocycles. The van der Waals surface area contributed by atoms with Crippen LogP contribution in [0.25, 0.3) is 0 Å². The molecule has 0 radical (unpaired) electrons. The summed E-state index contributed by atoms with van der Waals surface area (Å²) < 4.78 is 5.32. The fourth-order valence-corrected chi connectivity index (χ4v) is 5.05. The van der Waals surface area contributed by atoms with E-state index in [-0.39, 0.29) is 13.0 Å². The van der Waals surface area contributed by atoms with E-state index in [1.807, 2.05) is 0 Å². The molecule has 1 aliphatic heterocycles. The second kappa shape index (κ2) is 12.7. The first-order valence-corrected chi connectivity index (χ1v) is 12.4. The molecule has 1 saturated heterocycles. The highest BCUT2D eigenvalue weighted by Crippen LogP contribution is 2.29. The summed E-state index contributed by atoms with van der Waals surface area (Å²) in [5, 5.41) is 18.8. The smallest absolute Gasteiger partial charge is 0.408 e. The fourth-order valence-electron chi connectivity index (χ4n) is 4.84. The van der Waals surface area contributed by atoms with Crippen LogP contribution in [0, 0.1) is 22.7 Å². The van der Waals surface area contributed by atoms with Crippen LogP contribution < -0.4 is 16.0 Å². The highest BCUT2D eigenvalue weighted by molar-refractivity contribution is 6.30. The van der Waals surface area contributed by atoms with Gasteiger partial charge in [-0.05, 0) is 49.4 Å². The number of hydrogen-bond donors (Lipinski definition) is 3. The zero-order valence-electron chi connectivity index (χ0n) is 19.4. The van der Waals surface area contributed by atoms with Gasteiger partial charge in [-0.25, -0.2) is 4.79 Å². The Morgan fingerprint density at radius 3 is 2.74 bits per heavy atom. The summed E-state index contributed by atoms with van der Waals surface area (Å²) in [4.78, 5) is 37.4. The molecule has 2 amide bonds. The summed E-state index contributed by atoms with van der Waals surface area (Å²) in [7, 11) is 0. The van der Waals surface area contributed by atoms with Gasteiger partial charge in [0.2, 0.25) is 5.91 Å². The Morgan fingerprint density at radius 2 is 2.09 bits per heavy atom. The predicted octanol–water partition coefficient (Wildman–Crippen LogP) is 3.48. The quantitative estimate of drug-likeness (QED) is 0.433. The van der Waals surface area contributed by atoms with Gasteiger partial charge in [0.1, 0.15) is 25.0 Å². The first-order valence-electron chi connectivity index (χ1n) is 12.0. The summed E-state index contributed by atoms with van der Waals surface area (Å²) in [5.41, 5.74) is 0.0837. The maximum Gasteiger partial charge on any atom is 0.408 e. The van der Waals surface area contributed by atoms with E-state index < -0.39 is 29.5 Å². The summed E-state index contributed by atoms with van der Waals surface area (Å²) in [6.45, 7) is 1.22. The number of halogens is 1. The molecule has 0 aromatic heterocycles. The van der Waals surface area contributed by atoms with E-state index in [4.69, 9.17) is 16.3 Å². The van der Waals surface area contributed by atoms with E-state index in [1.54, 1.807) is 24.3 Å². The summed E-state index contributed by atoms with van der Waals surface area (Å²) in [5.74, 6) is -0.109. The lowest BCUT2D eigenvalue weighted by Crippen LogP contribution is -2.51. The van der Waals surface area contributed by atoms with Crippen molar-refractivity contribution in [3.8, 4) is 6.07 Å². The number of aldehydes is 1. The van der Waals surface area contributed by atoms with Crippen molar-refractivity contribution in [2.24, 2.45) is 11.3 Å². The Bertz CT molecular complexity index is 891. The molecule has 9 heteroatoms. The van der Waals surface area contributed by atoms with Crippen molar-refractivity contribution in [1.82, 2.24) is 16.0 Å². The van der Waals surface area contributed by atoms with E-state index in [1.165, 1.54) is 6.42 Å². The molecule has 1 aliphatic carbocycles. The molecule has 1 heterocycles. The van der Waals surface area contributed by atoms with Crippen molar-refractivity contribution in [2.45, 2.75) is 70.1 Å². The lowest BCUT2D eigenvalue weighted by molar-refractivity contribution is -0.124. The average Bonchev–Trinajstić information content (AvgIpc) is 3.31. The molecule has 2 fully saturated rings. The van der Waals surface area contributed by atoms with Gasteiger partial charge in [-0.3, -0.25) is 4.79 Å². The summed E-state index contributed by atoms with van der Waals surface area (Å²) in [6, 6.07) is 7.47. The Balaban J connectivity index is 1.62. The van der Waals surface area contributed by atoms with Gasteiger partial charge in [-0.1, -0.05) is 55.8 Å². The summed E-state index contributed by atoms with van der Waals surface area (Å²) in [6.07, 6.45) is 6.93. The number of rotatable bonds is 10. The number of nitriles is 1. The zero-order chi connectivity index (χ0) is 24.4. The minimum atomic E-state index is -0.823. The fraction of sp³-hybridized carbons (Fsp3) is 0.600. The molecule has 2 aliphatic rings. The predicted molar refractivity (Wildman–Crippen MR) is 128 cm³/mol. The molecule has 34 heavy (non-hydrogen) atoms. The van der Waals surface area contributed by atoms with Gasteiger partial charge in [0.15, 0.2) is 0 Å². The lowest BCUT2D eigenvalue weighted by Gasteiger charge is -2.28. The van der Waals surface area contributed by atoms with E-state index in [2.05, 4.69) is 22.0 Å². The van der Waals surface area contributed by atoms with Gasteiger partial charge in [0.25, 0.3) is 0 Å². The van der Waals surface area contributed by atoms with E-state index >= 15 is 0 Å². The number of nitrogens with one attached hydrogen (secondary N) is 3. The molecule has 3 rings (SSSR count). The van der Waals surface area contributed by atoms with Crippen LogP contribution in [-0.4, -0.2) is 43.5 Å². The lowest BCUT2D eigenvalue weighted by atomic mass is 9.82. The number of carbonyl (C=O) groups excluding carboxylic acids is 3. The second-order valence-corrected chi connectivity index (χ2v) is 9.88. The summed E-state index contributed by atoms with van der Waals surface area (Å²) >= 11 is 5.98. The minimum Gasteiger partial charge on any atom is -0.445 e. The number of benzene rings is 1. The molecule has 0 bridgehead atoms. The number of amides is 2. The molecule has 0 spiro atoms. The Hall–Kier alpha value is -2.63. The Morgan fingerprint density at radius 1 is 1.29 bits per heavy atom. The highest BCUT2D eigenvalue weighted by atomic mass is 35.5. The zero-order valence-corrected chi connectivity index (χ0v) is 20.1. The third-order valence-corrected chi connectivity index (χ3v) is 7.01. The second-order valence-electron chi connectivity index (χ2n) is 9.44. The van der Waals surface area contributed by atoms with E-state index in [0.717, 1.165) is 37.5 Å². The maximum absolute atomic E-state index is 13.2. The molecular weight excluding hydrogens is 456 g/mol. The molecule has 1 aromatic rings. The molecule has 8 nitrogen and oxygen atoms in total. The minimum absolute atomic E-state index is 0.0276. The monoisotopic (exact) mass is 488 g/mol. The highest BCUT2D eigenvalue weighted by Gasteiger charge is 2.37. The van der Waals surface area contributed by atoms with Crippen molar-refractivity contribution in [3.05, 3.63) is 34.9 Å². The third kappa shape index (κ3) is 7.71. The van der Waals surface area contributed by atoms with Crippen molar-refractivity contribution >= 4 is 29.9 Å². The van der Waals surface area contributed by atoms with Crippen LogP contribution in [0.5, 0.6) is 0 Å². The number of nitrogens with zero attached hydrogens (tertiary/aromatic N) is 1. The van der Waals surface area contributed by atoms with Gasteiger partial charge >= 0.3 is 6.09 Å².